The Morgan fingerprint density at radius 3 is 2.52 bits per heavy atom. The van der Waals surface area contributed by atoms with Crippen molar-refractivity contribution in [1.82, 2.24) is 15.2 Å². The minimum absolute atomic E-state index is 0.00643. The van der Waals surface area contributed by atoms with E-state index in [4.69, 9.17) is 10.5 Å². The van der Waals surface area contributed by atoms with Crippen molar-refractivity contribution in [3.63, 3.8) is 0 Å². The van der Waals surface area contributed by atoms with E-state index in [2.05, 4.69) is 10.3 Å². The number of alkyl halides is 1. The van der Waals surface area contributed by atoms with Crippen molar-refractivity contribution in [2.24, 2.45) is 29.4 Å². The molecular formula is C31H35FN4O8. The number of ether oxygens (including phenoxy) is 1. The Balaban J connectivity index is 1.67. The number of likely N-dealkylation sites (N-methyl/N-ethyl adjacent to an activating group) is 1. The maximum Gasteiger partial charge on any atom is 0.235 e. The number of aliphatic hydroxyl groups is 1. The summed E-state index contributed by atoms with van der Waals surface area (Å²) < 4.78 is 18.4. The lowest BCUT2D eigenvalue weighted by Crippen LogP contribution is -2.74. The average molecular weight is 611 g/mol. The van der Waals surface area contributed by atoms with Crippen molar-refractivity contribution in [1.29, 1.82) is 0 Å². The highest BCUT2D eigenvalue weighted by molar-refractivity contribution is 6.32. The van der Waals surface area contributed by atoms with Crippen molar-refractivity contribution >= 4 is 29.0 Å². The molecule has 7 atom stereocenters. The van der Waals surface area contributed by atoms with Crippen molar-refractivity contribution in [3.8, 4) is 22.8 Å². The van der Waals surface area contributed by atoms with E-state index in [1.165, 1.54) is 26.1 Å². The van der Waals surface area contributed by atoms with Gasteiger partial charge in [0.05, 0.1) is 24.6 Å². The van der Waals surface area contributed by atoms with Gasteiger partial charge >= 0.3 is 0 Å². The third-order valence-corrected chi connectivity index (χ3v) is 9.27. The highest BCUT2D eigenvalue weighted by Gasteiger charge is 2.69. The molecule has 234 valence electrons. The Morgan fingerprint density at radius 2 is 1.95 bits per heavy atom. The predicted octanol–water partition coefficient (Wildman–Crippen LogP) is 0.385. The quantitative estimate of drug-likeness (QED) is 0.303. The van der Waals surface area contributed by atoms with Gasteiger partial charge in [-0.2, -0.15) is 0 Å². The molecule has 3 aliphatic rings. The normalized spacial score (nSPS) is 28.8. The van der Waals surface area contributed by atoms with Crippen LogP contribution in [0.5, 0.6) is 11.6 Å². The highest BCUT2D eigenvalue weighted by Crippen LogP contribution is 2.52. The van der Waals surface area contributed by atoms with Gasteiger partial charge < -0.3 is 26.0 Å². The number of hydrogen-bond acceptors (Lipinski definition) is 11. The molecule has 1 amide bonds. The lowest BCUT2D eigenvalue weighted by Gasteiger charge is -2.52. The molecular weight excluding hydrogens is 575 g/mol. The number of halogens is 1. The van der Waals surface area contributed by atoms with Crippen molar-refractivity contribution in [3.05, 3.63) is 41.1 Å². The highest BCUT2D eigenvalue weighted by atomic mass is 19.1. The molecule has 44 heavy (non-hydrogen) atoms. The number of pyridine rings is 1. The van der Waals surface area contributed by atoms with Crippen LogP contribution in [0.15, 0.2) is 24.4 Å². The topological polar surface area (TPSA) is 189 Å². The van der Waals surface area contributed by atoms with Gasteiger partial charge in [-0.05, 0) is 63.0 Å². The van der Waals surface area contributed by atoms with Gasteiger partial charge in [-0.25, -0.2) is 9.37 Å². The number of phenols is 1. The number of Topliss-reactive ketones (excluding diaryl/α,β-unsaturated/α-hetero) is 4. The molecule has 3 aliphatic carbocycles. The molecule has 2 aromatic rings. The van der Waals surface area contributed by atoms with Crippen LogP contribution in [0, 0.1) is 23.7 Å². The zero-order chi connectivity index (χ0) is 32.2. The largest absolute Gasteiger partial charge is 0.507 e. The predicted molar refractivity (Wildman–Crippen MR) is 153 cm³/mol. The number of amides is 1. The van der Waals surface area contributed by atoms with Crippen LogP contribution >= 0.6 is 0 Å². The number of ketones is 4. The summed E-state index contributed by atoms with van der Waals surface area (Å²) in [6.07, 6.45) is 1.57. The van der Waals surface area contributed by atoms with Gasteiger partial charge in [-0.15, -0.1) is 0 Å². The van der Waals surface area contributed by atoms with Crippen LogP contribution in [0.4, 0.5) is 4.39 Å². The smallest absolute Gasteiger partial charge is 0.235 e. The summed E-state index contributed by atoms with van der Waals surface area (Å²) in [6, 6.07) is 3.29. The van der Waals surface area contributed by atoms with E-state index in [1.54, 1.807) is 31.3 Å². The summed E-state index contributed by atoms with van der Waals surface area (Å²) in [5.74, 6) is -10.9. The number of nitrogens with one attached hydrogen (secondary N) is 1. The lowest BCUT2D eigenvalue weighted by molar-refractivity contribution is -0.181. The van der Waals surface area contributed by atoms with Crippen LogP contribution in [0.2, 0.25) is 0 Å². The molecule has 2 fully saturated rings. The van der Waals surface area contributed by atoms with Gasteiger partial charge in [0.2, 0.25) is 11.8 Å². The third kappa shape index (κ3) is 4.70. The Bertz CT molecular complexity index is 1560. The fraction of sp³-hybridized carbons (Fsp3) is 0.484. The Morgan fingerprint density at radius 1 is 1.25 bits per heavy atom. The second-order valence-electron chi connectivity index (χ2n) is 12.1. The van der Waals surface area contributed by atoms with Crippen LogP contribution < -0.4 is 15.8 Å². The van der Waals surface area contributed by atoms with Crippen LogP contribution in [-0.2, 0) is 32.1 Å². The van der Waals surface area contributed by atoms with Gasteiger partial charge in [-0.1, -0.05) is 0 Å². The zero-order valence-electron chi connectivity index (χ0n) is 24.8. The first-order valence-corrected chi connectivity index (χ1v) is 14.3. The number of carbonyl (C=O) groups excluding carboxylic acids is 5. The first-order valence-electron chi connectivity index (χ1n) is 14.3. The van der Waals surface area contributed by atoms with Crippen LogP contribution in [0.25, 0.3) is 11.1 Å². The molecule has 1 aromatic carbocycles. The number of methoxy groups -OCH3 is 1. The summed E-state index contributed by atoms with van der Waals surface area (Å²) >= 11 is 0. The molecule has 1 heterocycles. The van der Waals surface area contributed by atoms with E-state index in [-0.39, 0.29) is 30.5 Å². The molecule has 0 spiro atoms. The number of aromatic nitrogens is 1. The second-order valence-corrected chi connectivity index (χ2v) is 12.1. The minimum atomic E-state index is -2.81. The fourth-order valence-corrected chi connectivity index (χ4v) is 7.12. The number of carbonyl (C=O) groups is 5. The molecule has 12 nitrogen and oxygen atoms in total. The number of nitrogens with zero attached hydrogens (tertiary/aromatic N) is 2. The van der Waals surface area contributed by atoms with Crippen molar-refractivity contribution in [2.75, 3.05) is 27.9 Å². The van der Waals surface area contributed by atoms with Gasteiger partial charge in [-0.3, -0.25) is 28.9 Å². The number of benzene rings is 1. The van der Waals surface area contributed by atoms with E-state index in [9.17, 15) is 38.6 Å². The Kier molecular flexibility index (Phi) is 8.16. The molecule has 0 bridgehead atoms. The summed E-state index contributed by atoms with van der Waals surface area (Å²) in [5, 5.41) is 26.1. The number of primary amides is 1. The molecule has 13 heteroatoms. The number of rotatable bonds is 8. The third-order valence-electron chi connectivity index (χ3n) is 9.27. The minimum Gasteiger partial charge on any atom is -0.507 e. The number of phenolic OH excluding ortho intramolecular Hbond substituents is 1. The first-order chi connectivity index (χ1) is 20.8. The number of nitrogens with two attached hydrogens (primary N) is 1. The van der Waals surface area contributed by atoms with E-state index < -0.39 is 82.8 Å². The van der Waals surface area contributed by atoms with Crippen molar-refractivity contribution < 1.29 is 43.3 Å². The maximum absolute atomic E-state index is 14.2. The molecule has 2 saturated carbocycles. The second kappa shape index (κ2) is 11.5. The molecule has 0 saturated heterocycles. The standard InChI is InChI=1S/C31H35FN4O8/c1-13(10-32)34-12-16-8-17(14-5-6-20(44-4)35-11-14)18-7-15-9-19-24(36(2)3)27(39)23(30(33)42)29(41)31(19,43)28(40)21(15)26(38)22(18)25(16)37/h5-6,8,11,13,15,19,21,23-24,34,37,43H,7,9-10,12H2,1-4H3,(H2,33,42)/t13?,15-,19-,21?,23?,24?,31-/m0/s1. The van der Waals surface area contributed by atoms with E-state index in [0.29, 0.717) is 22.6 Å². The van der Waals surface area contributed by atoms with Gasteiger partial charge in [0, 0.05) is 41.9 Å². The summed E-state index contributed by atoms with van der Waals surface area (Å²) in [7, 11) is 4.52. The lowest BCUT2D eigenvalue weighted by atomic mass is 9.52. The number of hydrogen-bond donors (Lipinski definition) is 4. The van der Waals surface area contributed by atoms with Gasteiger partial charge in [0.1, 0.15) is 12.4 Å². The maximum atomic E-state index is 14.2. The molecule has 0 aliphatic heterocycles. The van der Waals surface area contributed by atoms with E-state index in [0.717, 1.165) is 0 Å². The SMILES string of the molecule is COc1ccc(-c2cc(CNC(C)CF)c(O)c3c2C[C@H]2C[C@H]4C(N(C)C)C(=O)C(C(N)=O)C(=O)[C@@]4(O)C(=O)C2C3=O)cn1. The molecule has 1 aromatic heterocycles. The van der Waals surface area contributed by atoms with E-state index in [1.807, 2.05) is 0 Å². The first kappa shape index (κ1) is 31.4. The van der Waals surface area contributed by atoms with Crippen molar-refractivity contribution in [2.45, 2.75) is 44.0 Å². The van der Waals surface area contributed by atoms with Crippen LogP contribution in [0.3, 0.4) is 0 Å². The van der Waals surface area contributed by atoms with Crippen LogP contribution in [0.1, 0.15) is 34.8 Å². The van der Waals surface area contributed by atoms with E-state index >= 15 is 0 Å². The average Bonchev–Trinajstić information content (AvgIpc) is 2.98. The Hall–Kier alpha value is -4.07. The zero-order valence-corrected chi connectivity index (χ0v) is 24.8. The molecule has 5 N–H and O–H groups in total. The Labute approximate surface area is 252 Å². The molecule has 5 rings (SSSR count). The monoisotopic (exact) mass is 610 g/mol. The summed E-state index contributed by atoms with van der Waals surface area (Å²) in [4.78, 5) is 73.1. The van der Waals surface area contributed by atoms with Gasteiger partial charge in [0.25, 0.3) is 0 Å². The fourth-order valence-electron chi connectivity index (χ4n) is 7.12. The summed E-state index contributed by atoms with van der Waals surface area (Å²) in [5.41, 5.74) is 4.26. The van der Waals surface area contributed by atoms with Crippen LogP contribution in [-0.4, -0.2) is 94.7 Å². The number of fused-ring (bicyclic) bond motifs is 3. The summed E-state index contributed by atoms with van der Waals surface area (Å²) in [6.45, 7) is 0.936. The number of aromatic hydroxyl groups is 1. The molecule has 0 radical (unpaired) electrons. The molecule has 4 unspecified atom stereocenters. The van der Waals surface area contributed by atoms with Gasteiger partial charge in [0.15, 0.2) is 34.7 Å².